The topological polar surface area (TPSA) is 37.3 Å². The first kappa shape index (κ1) is 18.6. The number of rotatable bonds is 10. The predicted molar refractivity (Wildman–Crippen MR) is 84.3 cm³/mol. The highest BCUT2D eigenvalue weighted by Gasteiger charge is 1.91. The highest BCUT2D eigenvalue weighted by Crippen LogP contribution is 2.10. The average Bonchev–Trinajstić information content (AvgIpc) is 2.43. The van der Waals surface area contributed by atoms with Crippen LogP contribution < -0.4 is 0 Å². The average molecular weight is 276 g/mol. The lowest BCUT2D eigenvalue weighted by Crippen LogP contribution is -1.86. The van der Waals surface area contributed by atoms with Crippen LogP contribution in [0.4, 0.5) is 0 Å². The second-order valence-corrected chi connectivity index (χ2v) is 5.04. The predicted octanol–water partition coefficient (Wildman–Crippen LogP) is 4.78. The molecule has 1 N–H and O–H groups in total. The van der Waals surface area contributed by atoms with Crippen molar-refractivity contribution in [2.24, 2.45) is 0 Å². The maximum atomic E-state index is 10.1. The molecule has 0 rings (SSSR count). The summed E-state index contributed by atoms with van der Waals surface area (Å²) >= 11 is 0. The molecule has 0 fully saturated rings. The van der Waals surface area contributed by atoms with E-state index in [1.165, 1.54) is 57.8 Å². The Morgan fingerprint density at radius 3 is 1.85 bits per heavy atom. The highest BCUT2D eigenvalue weighted by atomic mass is 16.4. The molecular formula is C18H28O2. The van der Waals surface area contributed by atoms with Gasteiger partial charge >= 0.3 is 5.97 Å². The minimum absolute atomic E-state index is 0.553. The van der Waals surface area contributed by atoms with Gasteiger partial charge in [-0.25, -0.2) is 4.79 Å². The van der Waals surface area contributed by atoms with Crippen LogP contribution in [0, 0.1) is 23.7 Å². The minimum Gasteiger partial charge on any atom is -0.472 e. The summed E-state index contributed by atoms with van der Waals surface area (Å²) in [5.41, 5.74) is 0. The van der Waals surface area contributed by atoms with Crippen molar-refractivity contribution in [2.45, 2.75) is 84.0 Å². The van der Waals surface area contributed by atoms with E-state index in [9.17, 15) is 4.79 Å². The van der Waals surface area contributed by atoms with E-state index in [4.69, 9.17) is 5.11 Å². The van der Waals surface area contributed by atoms with Crippen LogP contribution in [0.15, 0.2) is 0 Å². The third-order valence-corrected chi connectivity index (χ3v) is 3.10. The normalized spacial score (nSPS) is 9.25. The molecule has 2 nitrogen and oxygen atoms in total. The summed E-state index contributed by atoms with van der Waals surface area (Å²) in [4.78, 5) is 10.1. The van der Waals surface area contributed by atoms with Crippen molar-refractivity contribution < 1.29 is 9.90 Å². The van der Waals surface area contributed by atoms with Crippen LogP contribution in [0.3, 0.4) is 0 Å². The fraction of sp³-hybridized carbons (Fsp3) is 0.722. The monoisotopic (exact) mass is 276 g/mol. The van der Waals surface area contributed by atoms with Gasteiger partial charge in [0.05, 0.1) is 0 Å². The molecule has 0 amide bonds. The van der Waals surface area contributed by atoms with Crippen molar-refractivity contribution in [1.29, 1.82) is 0 Å². The van der Waals surface area contributed by atoms with Crippen LogP contribution in [0.1, 0.15) is 84.0 Å². The molecule has 0 aliphatic carbocycles. The molecule has 0 atom stereocenters. The quantitative estimate of drug-likeness (QED) is 0.460. The summed E-state index contributed by atoms with van der Waals surface area (Å²) in [6, 6.07) is 0. The maximum absolute atomic E-state index is 10.1. The summed E-state index contributed by atoms with van der Waals surface area (Å²) < 4.78 is 0. The fourth-order valence-electron chi connectivity index (χ4n) is 1.96. The van der Waals surface area contributed by atoms with Crippen molar-refractivity contribution in [3.8, 4) is 23.7 Å². The third-order valence-electron chi connectivity index (χ3n) is 3.10. The van der Waals surface area contributed by atoms with Gasteiger partial charge in [0.25, 0.3) is 0 Å². The second-order valence-electron chi connectivity index (χ2n) is 5.04. The Bertz CT molecular complexity index is 349. The van der Waals surface area contributed by atoms with Crippen LogP contribution in [0.25, 0.3) is 0 Å². The van der Waals surface area contributed by atoms with Crippen molar-refractivity contribution >= 4 is 5.97 Å². The summed E-state index contributed by atoms with van der Waals surface area (Å²) in [5, 5.41) is 8.31. The molecule has 0 spiro atoms. The van der Waals surface area contributed by atoms with Gasteiger partial charge in [0.2, 0.25) is 0 Å². The number of carboxylic acid groups (broad SMARTS) is 1. The van der Waals surface area contributed by atoms with Crippen molar-refractivity contribution in [2.75, 3.05) is 0 Å². The third kappa shape index (κ3) is 16.6. The van der Waals surface area contributed by atoms with Gasteiger partial charge in [-0.3, -0.25) is 0 Å². The summed E-state index contributed by atoms with van der Waals surface area (Å²) in [7, 11) is 0. The molecule has 0 aromatic rings. The van der Waals surface area contributed by atoms with Gasteiger partial charge < -0.3 is 5.11 Å². The number of carboxylic acids is 1. The Balaban J connectivity index is 3.21. The zero-order valence-electron chi connectivity index (χ0n) is 12.8. The van der Waals surface area contributed by atoms with Crippen LogP contribution >= 0.6 is 0 Å². The van der Waals surface area contributed by atoms with Crippen molar-refractivity contribution in [3.05, 3.63) is 0 Å². The number of unbranched alkanes of at least 4 members (excludes halogenated alkanes) is 10. The first-order chi connectivity index (χ1) is 9.77. The van der Waals surface area contributed by atoms with Crippen molar-refractivity contribution in [3.63, 3.8) is 0 Å². The van der Waals surface area contributed by atoms with Crippen LogP contribution in [0.5, 0.6) is 0 Å². The Kier molecular flexibility index (Phi) is 14.5. The molecule has 20 heavy (non-hydrogen) atoms. The van der Waals surface area contributed by atoms with E-state index in [0.717, 1.165) is 6.42 Å². The molecule has 112 valence electrons. The molecule has 0 saturated carbocycles. The largest absolute Gasteiger partial charge is 0.472 e. The molecule has 0 heterocycles. The molecule has 0 bridgehead atoms. The van der Waals surface area contributed by atoms with E-state index in [1.807, 2.05) is 0 Å². The molecule has 0 aliphatic rings. The van der Waals surface area contributed by atoms with E-state index in [-0.39, 0.29) is 0 Å². The number of carbonyl (C=O) groups is 1. The Labute approximate surface area is 124 Å². The van der Waals surface area contributed by atoms with Gasteiger partial charge in [-0.1, -0.05) is 64.2 Å². The molecule has 0 aromatic carbocycles. The zero-order chi connectivity index (χ0) is 14.9. The van der Waals surface area contributed by atoms with E-state index in [1.54, 1.807) is 0 Å². The van der Waals surface area contributed by atoms with Crippen LogP contribution in [0.2, 0.25) is 0 Å². The smallest absolute Gasteiger partial charge is 0.381 e. The van der Waals surface area contributed by atoms with Crippen LogP contribution in [-0.4, -0.2) is 11.1 Å². The van der Waals surface area contributed by atoms with E-state index in [2.05, 4.69) is 30.6 Å². The lowest BCUT2D eigenvalue weighted by molar-refractivity contribution is -0.130. The van der Waals surface area contributed by atoms with Gasteiger partial charge in [-0.15, -0.1) is 11.8 Å². The minimum atomic E-state index is -1.06. The molecule has 0 unspecified atom stereocenters. The van der Waals surface area contributed by atoms with E-state index < -0.39 is 5.97 Å². The number of aliphatic carboxylic acids is 1. The van der Waals surface area contributed by atoms with E-state index in [0.29, 0.717) is 12.8 Å². The SMILES string of the molecule is CCCCCCCCCCCC#CCCC#CC(=O)O. The Hall–Kier alpha value is -1.41. The van der Waals surface area contributed by atoms with Gasteiger partial charge in [0.15, 0.2) is 0 Å². The lowest BCUT2D eigenvalue weighted by Gasteiger charge is -2.00. The van der Waals surface area contributed by atoms with Gasteiger partial charge in [-0.2, -0.15) is 0 Å². The molecular weight excluding hydrogens is 248 g/mol. The first-order valence-electron chi connectivity index (χ1n) is 7.95. The standard InChI is InChI=1S/C18H28O2/c1-2-3-4-5-6-7-8-9-10-11-12-13-14-15-16-17-18(19)20/h2-11,14-15H2,1H3,(H,19,20). The van der Waals surface area contributed by atoms with Gasteiger partial charge in [0, 0.05) is 25.2 Å². The van der Waals surface area contributed by atoms with Crippen LogP contribution in [-0.2, 0) is 4.79 Å². The number of hydrogen-bond donors (Lipinski definition) is 1. The Morgan fingerprint density at radius 1 is 0.750 bits per heavy atom. The summed E-state index contributed by atoms with van der Waals surface area (Å²) in [6.45, 7) is 2.25. The molecule has 0 saturated heterocycles. The molecule has 2 heteroatoms. The highest BCUT2D eigenvalue weighted by molar-refractivity contribution is 5.86. The fourth-order valence-corrected chi connectivity index (χ4v) is 1.96. The summed E-state index contributed by atoms with van der Waals surface area (Å²) in [5.74, 6) is 9.76. The van der Waals surface area contributed by atoms with Gasteiger partial charge in [0.1, 0.15) is 0 Å². The molecule has 0 aromatic heterocycles. The molecule has 0 aliphatic heterocycles. The summed E-state index contributed by atoms with van der Waals surface area (Å²) in [6.07, 6.45) is 14.2. The van der Waals surface area contributed by atoms with Crippen molar-refractivity contribution in [1.82, 2.24) is 0 Å². The zero-order valence-corrected chi connectivity index (χ0v) is 12.8. The molecule has 0 radical (unpaired) electrons. The second kappa shape index (κ2) is 15.6. The van der Waals surface area contributed by atoms with E-state index >= 15 is 0 Å². The first-order valence-corrected chi connectivity index (χ1v) is 7.95. The maximum Gasteiger partial charge on any atom is 0.381 e. The Morgan fingerprint density at radius 2 is 1.25 bits per heavy atom. The lowest BCUT2D eigenvalue weighted by atomic mass is 10.1. The number of hydrogen-bond acceptors (Lipinski definition) is 1. The van der Waals surface area contributed by atoms with Gasteiger partial charge in [-0.05, 0) is 6.42 Å².